The zero-order chi connectivity index (χ0) is 26.9. The number of Topliss-reactive ketones (excluding diaryl/α,β-unsaturated/α-hetero) is 1. The number of rotatable bonds is 7. The predicted octanol–water partition coefficient (Wildman–Crippen LogP) is 6.92. The molecule has 8 heteroatoms. The second kappa shape index (κ2) is 10.7. The van der Waals surface area contributed by atoms with Crippen molar-refractivity contribution in [3.8, 4) is 5.75 Å². The van der Waals surface area contributed by atoms with Gasteiger partial charge in [-0.3, -0.25) is 4.31 Å². The van der Waals surface area contributed by atoms with Crippen molar-refractivity contribution in [1.29, 1.82) is 0 Å². The van der Waals surface area contributed by atoms with Gasteiger partial charge in [0.2, 0.25) is 0 Å². The SMILES string of the molecule is CC(=O)C[C@H](C)[C@@H]1CN(S(=O)(=O)c2cccc(C)c2)c2cc(/C=C(\C)c3c(F)cccc3Cl)ccc2O1. The molecule has 0 saturated carbocycles. The minimum Gasteiger partial charge on any atom is -0.486 e. The Hall–Kier alpha value is -3.16. The minimum atomic E-state index is -3.94. The predicted molar refractivity (Wildman–Crippen MR) is 146 cm³/mol. The Bertz CT molecular complexity index is 1460. The number of anilines is 1. The third kappa shape index (κ3) is 5.73. The molecular weight excluding hydrogens is 513 g/mol. The van der Waals surface area contributed by atoms with Gasteiger partial charge in [-0.25, -0.2) is 12.8 Å². The number of ether oxygens (including phenoxy) is 1. The summed E-state index contributed by atoms with van der Waals surface area (Å²) in [5, 5.41) is 0.293. The summed E-state index contributed by atoms with van der Waals surface area (Å²) in [6.45, 7) is 7.04. The first-order valence-corrected chi connectivity index (χ1v) is 13.8. The van der Waals surface area contributed by atoms with Gasteiger partial charge in [0, 0.05) is 17.9 Å². The maximum Gasteiger partial charge on any atom is 0.264 e. The van der Waals surface area contributed by atoms with E-state index < -0.39 is 21.9 Å². The first kappa shape index (κ1) is 26.9. The minimum absolute atomic E-state index is 0.0118. The molecule has 1 heterocycles. The van der Waals surface area contributed by atoms with E-state index in [1.165, 1.54) is 17.3 Å². The van der Waals surface area contributed by atoms with Gasteiger partial charge in [-0.05, 0) is 73.9 Å². The van der Waals surface area contributed by atoms with Crippen molar-refractivity contribution in [2.24, 2.45) is 5.92 Å². The van der Waals surface area contributed by atoms with Gasteiger partial charge in [0.05, 0.1) is 22.2 Å². The lowest BCUT2D eigenvalue weighted by Crippen LogP contribution is -2.46. The van der Waals surface area contributed by atoms with E-state index in [-0.39, 0.29) is 29.6 Å². The summed E-state index contributed by atoms with van der Waals surface area (Å²) in [7, 11) is -3.94. The highest BCUT2D eigenvalue weighted by Crippen LogP contribution is 2.40. The lowest BCUT2D eigenvalue weighted by molar-refractivity contribution is -0.118. The summed E-state index contributed by atoms with van der Waals surface area (Å²) < 4.78 is 49.7. The van der Waals surface area contributed by atoms with Crippen molar-refractivity contribution in [1.82, 2.24) is 0 Å². The van der Waals surface area contributed by atoms with E-state index >= 15 is 0 Å². The van der Waals surface area contributed by atoms with Crippen molar-refractivity contribution in [3.63, 3.8) is 0 Å². The van der Waals surface area contributed by atoms with E-state index in [1.807, 2.05) is 19.9 Å². The smallest absolute Gasteiger partial charge is 0.264 e. The molecule has 0 bridgehead atoms. The molecule has 0 amide bonds. The molecule has 1 aliphatic heterocycles. The zero-order valence-corrected chi connectivity index (χ0v) is 22.7. The molecule has 3 aromatic rings. The third-order valence-corrected chi connectivity index (χ3v) is 8.53. The Morgan fingerprint density at radius 2 is 1.89 bits per heavy atom. The molecule has 0 spiro atoms. The van der Waals surface area contributed by atoms with Crippen LogP contribution in [0.25, 0.3) is 11.6 Å². The van der Waals surface area contributed by atoms with Crippen molar-refractivity contribution >= 4 is 44.7 Å². The van der Waals surface area contributed by atoms with Gasteiger partial charge in [-0.1, -0.05) is 48.9 Å². The molecule has 1 aliphatic rings. The summed E-state index contributed by atoms with van der Waals surface area (Å²) >= 11 is 6.24. The van der Waals surface area contributed by atoms with Crippen molar-refractivity contribution < 1.29 is 22.3 Å². The topological polar surface area (TPSA) is 63.7 Å². The molecule has 0 aliphatic carbocycles. The summed E-state index contributed by atoms with van der Waals surface area (Å²) in [6, 6.07) is 16.5. The highest BCUT2D eigenvalue weighted by atomic mass is 35.5. The molecule has 0 unspecified atom stereocenters. The zero-order valence-electron chi connectivity index (χ0n) is 21.2. The molecule has 37 heavy (non-hydrogen) atoms. The number of halogens is 2. The van der Waals surface area contributed by atoms with Crippen molar-refractivity contribution in [3.05, 3.63) is 88.2 Å². The molecule has 0 saturated heterocycles. The summed E-state index contributed by atoms with van der Waals surface area (Å²) in [5.74, 6) is -0.210. The van der Waals surface area contributed by atoms with E-state index in [4.69, 9.17) is 16.3 Å². The third-order valence-electron chi connectivity index (χ3n) is 6.44. The van der Waals surface area contributed by atoms with Gasteiger partial charge in [-0.15, -0.1) is 0 Å². The number of hydrogen-bond acceptors (Lipinski definition) is 4. The fourth-order valence-corrected chi connectivity index (χ4v) is 6.49. The van der Waals surface area contributed by atoms with Crippen LogP contribution >= 0.6 is 11.6 Å². The van der Waals surface area contributed by atoms with Crippen molar-refractivity contribution in [2.45, 2.75) is 45.1 Å². The Morgan fingerprint density at radius 3 is 2.57 bits per heavy atom. The number of benzene rings is 3. The highest BCUT2D eigenvalue weighted by Gasteiger charge is 2.37. The number of aryl methyl sites for hydroxylation is 1. The standard InChI is InChI=1S/C29H29ClFNO4S/c1-18-7-5-8-23(13-18)37(34,35)32-17-28(19(2)14-21(4)33)36-27-12-11-22(16-26(27)32)15-20(3)29-24(30)9-6-10-25(29)31/h5-13,15-16,19,28H,14,17H2,1-4H3/b20-15+/t19-,28-/m0/s1. The van der Waals surface area contributed by atoms with Crippen LogP contribution in [0.15, 0.2) is 65.6 Å². The second-order valence-electron chi connectivity index (χ2n) is 9.54. The fraction of sp³-hybridized carbons (Fsp3) is 0.276. The van der Waals surface area contributed by atoms with Crippen LogP contribution < -0.4 is 9.04 Å². The van der Waals surface area contributed by atoms with Crippen LogP contribution in [-0.4, -0.2) is 26.8 Å². The molecule has 5 nitrogen and oxygen atoms in total. The van der Waals surface area contributed by atoms with Gasteiger partial charge in [0.25, 0.3) is 10.0 Å². The van der Waals surface area contributed by atoms with Gasteiger partial charge >= 0.3 is 0 Å². The number of ketones is 1. The molecular formula is C29H29ClFNO4S. The molecule has 4 rings (SSSR count). The summed E-state index contributed by atoms with van der Waals surface area (Å²) in [4.78, 5) is 11.9. The molecule has 0 N–H and O–H groups in total. The molecule has 2 atom stereocenters. The van der Waals surface area contributed by atoms with Gasteiger partial charge in [0.15, 0.2) is 0 Å². The number of fused-ring (bicyclic) bond motifs is 1. The average molecular weight is 542 g/mol. The van der Waals surface area contributed by atoms with E-state index in [9.17, 15) is 17.6 Å². The van der Waals surface area contributed by atoms with Gasteiger partial charge in [0.1, 0.15) is 23.5 Å². The van der Waals surface area contributed by atoms with E-state index in [0.29, 0.717) is 33.2 Å². The van der Waals surface area contributed by atoms with Crippen molar-refractivity contribution in [2.75, 3.05) is 10.8 Å². The molecule has 0 radical (unpaired) electrons. The fourth-order valence-electron chi connectivity index (χ4n) is 4.59. The van der Waals surface area contributed by atoms with E-state index in [2.05, 4.69) is 0 Å². The van der Waals surface area contributed by atoms with E-state index in [0.717, 1.165) is 5.56 Å². The molecule has 0 aromatic heterocycles. The van der Waals surface area contributed by atoms with Crippen LogP contribution in [0.1, 0.15) is 43.9 Å². The normalized spacial score (nSPS) is 16.6. The molecule has 194 valence electrons. The van der Waals surface area contributed by atoms with Gasteiger partial charge in [-0.2, -0.15) is 0 Å². The maximum absolute atomic E-state index is 14.5. The maximum atomic E-state index is 14.5. The quantitative estimate of drug-likeness (QED) is 0.305. The van der Waals surface area contributed by atoms with Crippen LogP contribution in [0.3, 0.4) is 0 Å². The number of hydrogen-bond donors (Lipinski definition) is 0. The Labute approximate surface area is 222 Å². The highest BCUT2D eigenvalue weighted by molar-refractivity contribution is 7.92. The Balaban J connectivity index is 1.81. The van der Waals surface area contributed by atoms with Gasteiger partial charge < -0.3 is 9.53 Å². The molecule has 0 fully saturated rings. The van der Waals surface area contributed by atoms with Crippen LogP contribution in [0.4, 0.5) is 10.1 Å². The number of nitrogens with zero attached hydrogens (tertiary/aromatic N) is 1. The number of allylic oxidation sites excluding steroid dienone is 1. The number of carbonyl (C=O) groups excluding carboxylic acids is 1. The second-order valence-corrected chi connectivity index (χ2v) is 11.8. The summed E-state index contributed by atoms with van der Waals surface area (Å²) in [6.07, 6.45) is 1.53. The van der Waals surface area contributed by atoms with Crippen LogP contribution in [0.5, 0.6) is 5.75 Å². The largest absolute Gasteiger partial charge is 0.486 e. The first-order chi connectivity index (χ1) is 17.5. The van der Waals surface area contributed by atoms with Crippen LogP contribution in [0, 0.1) is 18.7 Å². The lowest BCUT2D eigenvalue weighted by atomic mass is 9.97. The lowest BCUT2D eigenvalue weighted by Gasteiger charge is -2.38. The van der Waals surface area contributed by atoms with E-state index in [1.54, 1.807) is 61.5 Å². The first-order valence-electron chi connectivity index (χ1n) is 12.0. The summed E-state index contributed by atoms with van der Waals surface area (Å²) in [5.41, 5.74) is 2.76. The van der Waals surface area contributed by atoms with Crippen LogP contribution in [0.2, 0.25) is 5.02 Å². The molecule has 3 aromatic carbocycles. The number of carbonyl (C=O) groups is 1. The monoisotopic (exact) mass is 541 g/mol. The Kier molecular flexibility index (Phi) is 7.76. The Morgan fingerprint density at radius 1 is 1.16 bits per heavy atom. The van der Waals surface area contributed by atoms with Crippen LogP contribution in [-0.2, 0) is 14.8 Å². The average Bonchev–Trinajstić information content (AvgIpc) is 2.82. The number of sulfonamides is 1.